The van der Waals surface area contributed by atoms with Gasteiger partial charge in [0.1, 0.15) is 12.4 Å². The van der Waals surface area contributed by atoms with Gasteiger partial charge in [0.15, 0.2) is 0 Å². The molecule has 2 rings (SSSR count). The van der Waals surface area contributed by atoms with Crippen LogP contribution in [0.1, 0.15) is 12.5 Å². The van der Waals surface area contributed by atoms with Gasteiger partial charge in [0.05, 0.1) is 6.54 Å². The van der Waals surface area contributed by atoms with Crippen LogP contribution in [0.3, 0.4) is 0 Å². The minimum atomic E-state index is -0.201. The van der Waals surface area contributed by atoms with Gasteiger partial charge in [-0.05, 0) is 24.6 Å². The van der Waals surface area contributed by atoms with Crippen molar-refractivity contribution in [3.63, 3.8) is 0 Å². The number of nitrogens with zero attached hydrogens (tertiary/aromatic N) is 3. The molecule has 0 aliphatic rings. The summed E-state index contributed by atoms with van der Waals surface area (Å²) in [6.45, 7) is 3.62. The van der Waals surface area contributed by atoms with Crippen molar-refractivity contribution in [2.24, 2.45) is 0 Å². The molecule has 0 aliphatic carbocycles. The van der Waals surface area contributed by atoms with Crippen molar-refractivity contribution < 1.29 is 21.4 Å². The molecular formula is C11H13ClFN3. The summed E-state index contributed by atoms with van der Waals surface area (Å²) in [4.78, 5) is 0. The highest BCUT2D eigenvalue weighted by Crippen LogP contribution is 2.01. The van der Waals surface area contributed by atoms with Crippen molar-refractivity contribution in [3.05, 3.63) is 48.3 Å². The summed E-state index contributed by atoms with van der Waals surface area (Å²) in [5.74, 6) is -0.201. The Bertz CT molecular complexity index is 439. The van der Waals surface area contributed by atoms with Gasteiger partial charge in [-0.2, -0.15) is 0 Å². The van der Waals surface area contributed by atoms with E-state index in [1.807, 2.05) is 22.5 Å². The van der Waals surface area contributed by atoms with Gasteiger partial charge in [-0.3, -0.25) is 0 Å². The molecule has 16 heavy (non-hydrogen) atoms. The molecule has 0 spiro atoms. The zero-order valence-electron chi connectivity index (χ0n) is 8.98. The predicted molar refractivity (Wildman–Crippen MR) is 53.6 cm³/mol. The van der Waals surface area contributed by atoms with E-state index in [-0.39, 0.29) is 18.2 Å². The van der Waals surface area contributed by atoms with Crippen LogP contribution in [0.5, 0.6) is 0 Å². The van der Waals surface area contributed by atoms with Gasteiger partial charge in [0.25, 0.3) is 6.33 Å². The van der Waals surface area contributed by atoms with Gasteiger partial charge in [0, 0.05) is 5.10 Å². The highest BCUT2D eigenvalue weighted by atomic mass is 35.5. The molecule has 0 saturated heterocycles. The van der Waals surface area contributed by atoms with E-state index in [1.165, 1.54) is 12.1 Å². The van der Waals surface area contributed by atoms with Crippen LogP contribution in [0, 0.1) is 5.82 Å². The normalized spacial score (nSPS) is 9.88. The molecule has 1 aromatic heterocycles. The smallest absolute Gasteiger partial charge is 0.265 e. The lowest BCUT2D eigenvalue weighted by molar-refractivity contribution is -0.689. The Kier molecular flexibility index (Phi) is 4.43. The molecule has 0 aliphatic heterocycles. The minimum absolute atomic E-state index is 0. The third-order valence-electron chi connectivity index (χ3n) is 2.23. The molecule has 0 N–H and O–H groups in total. The van der Waals surface area contributed by atoms with Crippen molar-refractivity contribution >= 4 is 0 Å². The number of halogens is 2. The van der Waals surface area contributed by atoms with Crippen molar-refractivity contribution in [1.29, 1.82) is 0 Å². The number of aromatic nitrogens is 3. The van der Waals surface area contributed by atoms with Gasteiger partial charge in [-0.1, -0.05) is 12.1 Å². The molecule has 3 nitrogen and oxygen atoms in total. The lowest BCUT2D eigenvalue weighted by Crippen LogP contribution is -3.00. The van der Waals surface area contributed by atoms with Gasteiger partial charge in [-0.15, -0.1) is 4.68 Å². The second-order valence-corrected chi connectivity index (χ2v) is 3.40. The highest BCUT2D eigenvalue weighted by molar-refractivity contribution is 5.14. The Morgan fingerprint density at radius 2 is 2.00 bits per heavy atom. The maximum absolute atomic E-state index is 12.7. The van der Waals surface area contributed by atoms with Crippen LogP contribution in [-0.4, -0.2) is 9.78 Å². The van der Waals surface area contributed by atoms with Crippen molar-refractivity contribution in [3.8, 4) is 0 Å². The summed E-state index contributed by atoms with van der Waals surface area (Å²) in [6, 6.07) is 6.51. The van der Waals surface area contributed by atoms with Crippen LogP contribution in [0.4, 0.5) is 4.39 Å². The molecule has 2 aromatic rings. The maximum atomic E-state index is 12.7. The fraction of sp³-hybridized carbons (Fsp3) is 0.273. The summed E-state index contributed by atoms with van der Waals surface area (Å²) in [5, 5.41) is 4.15. The second-order valence-electron chi connectivity index (χ2n) is 3.40. The number of aryl methyl sites for hydroxylation is 1. The van der Waals surface area contributed by atoms with Crippen LogP contribution in [-0.2, 0) is 13.1 Å². The first kappa shape index (κ1) is 12.6. The van der Waals surface area contributed by atoms with E-state index in [4.69, 9.17) is 0 Å². The Labute approximate surface area is 99.9 Å². The largest absolute Gasteiger partial charge is 1.00 e. The summed E-state index contributed by atoms with van der Waals surface area (Å²) in [6.07, 6.45) is 3.70. The Morgan fingerprint density at radius 1 is 1.31 bits per heavy atom. The molecule has 0 amide bonds. The van der Waals surface area contributed by atoms with Gasteiger partial charge >= 0.3 is 0 Å². The third-order valence-corrected chi connectivity index (χ3v) is 2.23. The van der Waals surface area contributed by atoms with Gasteiger partial charge in [-0.25, -0.2) is 8.96 Å². The van der Waals surface area contributed by atoms with Crippen molar-refractivity contribution in [1.82, 2.24) is 9.78 Å². The summed E-state index contributed by atoms with van der Waals surface area (Å²) < 4.78 is 16.5. The molecule has 0 saturated carbocycles. The first-order valence-electron chi connectivity index (χ1n) is 4.94. The topological polar surface area (TPSA) is 21.7 Å². The molecular weight excluding hydrogens is 229 g/mol. The van der Waals surface area contributed by atoms with Crippen LogP contribution in [0.25, 0.3) is 0 Å². The Balaban J connectivity index is 0.00000128. The quantitative estimate of drug-likeness (QED) is 0.593. The number of hydrogen-bond acceptors (Lipinski definition) is 1. The molecule has 1 aromatic carbocycles. The standard InChI is InChI=1S/C11H13FN3.ClH/c1-2-15-9-14(8-13-15)7-10-3-5-11(12)6-4-10;/h3-6,8-9H,2,7H2,1H3;1H/q+1;/p-1. The molecule has 1 heterocycles. The van der Waals surface area contributed by atoms with E-state index < -0.39 is 0 Å². The lowest BCUT2D eigenvalue weighted by Gasteiger charge is -1.97. The van der Waals surface area contributed by atoms with E-state index in [1.54, 1.807) is 18.5 Å². The molecule has 5 heteroatoms. The van der Waals surface area contributed by atoms with Crippen molar-refractivity contribution in [2.75, 3.05) is 0 Å². The molecule has 0 radical (unpaired) electrons. The molecule has 0 unspecified atom stereocenters. The molecule has 0 fully saturated rings. The summed E-state index contributed by atoms with van der Waals surface area (Å²) >= 11 is 0. The Morgan fingerprint density at radius 3 is 2.56 bits per heavy atom. The van der Waals surface area contributed by atoms with E-state index in [9.17, 15) is 4.39 Å². The predicted octanol–water partition coefficient (Wildman–Crippen LogP) is -1.62. The number of hydrogen-bond donors (Lipinski definition) is 0. The zero-order valence-corrected chi connectivity index (χ0v) is 9.73. The van der Waals surface area contributed by atoms with Crippen LogP contribution >= 0.6 is 0 Å². The summed E-state index contributed by atoms with van der Waals surface area (Å²) in [5.41, 5.74) is 1.07. The van der Waals surface area contributed by atoms with Crippen LogP contribution in [0.2, 0.25) is 0 Å². The zero-order chi connectivity index (χ0) is 10.7. The van der Waals surface area contributed by atoms with Crippen LogP contribution in [0.15, 0.2) is 36.9 Å². The van der Waals surface area contributed by atoms with Crippen LogP contribution < -0.4 is 17.0 Å². The monoisotopic (exact) mass is 241 g/mol. The van der Waals surface area contributed by atoms with E-state index in [2.05, 4.69) is 5.10 Å². The SMILES string of the molecule is CCn1c[n+](Cc2ccc(F)cc2)cn1.[Cl-]. The highest BCUT2D eigenvalue weighted by Gasteiger charge is 2.04. The lowest BCUT2D eigenvalue weighted by atomic mass is 10.2. The first-order chi connectivity index (χ1) is 7.28. The molecule has 86 valence electrons. The Hall–Kier alpha value is -1.42. The van der Waals surface area contributed by atoms with E-state index in [0.717, 1.165) is 18.7 Å². The third kappa shape index (κ3) is 3.03. The summed E-state index contributed by atoms with van der Waals surface area (Å²) in [7, 11) is 0. The first-order valence-corrected chi connectivity index (χ1v) is 4.94. The van der Waals surface area contributed by atoms with Crippen molar-refractivity contribution in [2.45, 2.75) is 20.0 Å². The maximum Gasteiger partial charge on any atom is 0.265 e. The fourth-order valence-corrected chi connectivity index (χ4v) is 1.41. The number of benzene rings is 1. The van der Waals surface area contributed by atoms with Gasteiger partial charge in [0.2, 0.25) is 6.33 Å². The fourth-order valence-electron chi connectivity index (χ4n) is 1.41. The minimum Gasteiger partial charge on any atom is -1.00 e. The average Bonchev–Trinajstić information content (AvgIpc) is 2.69. The van der Waals surface area contributed by atoms with E-state index in [0.29, 0.717) is 0 Å². The average molecular weight is 242 g/mol. The van der Waals surface area contributed by atoms with Gasteiger partial charge < -0.3 is 12.4 Å². The molecule has 0 atom stereocenters. The second kappa shape index (κ2) is 5.61. The molecule has 0 bridgehead atoms. The van der Waals surface area contributed by atoms with E-state index >= 15 is 0 Å². The number of rotatable bonds is 3.